The average molecular weight is 590 g/mol. The van der Waals surface area contributed by atoms with Crippen molar-refractivity contribution in [3.05, 3.63) is 70.8 Å². The van der Waals surface area contributed by atoms with Crippen LogP contribution in [0.2, 0.25) is 0 Å². The van der Waals surface area contributed by atoms with Gasteiger partial charge in [0.15, 0.2) is 0 Å². The fourth-order valence-electron chi connectivity index (χ4n) is 2.77. The predicted octanol–water partition coefficient (Wildman–Crippen LogP) is 3.18. The normalized spacial score (nSPS) is 9.72. The molecular weight excluding hydrogens is 559 g/mol. The molecule has 0 amide bonds. The molecule has 0 aliphatic heterocycles. The van der Waals surface area contributed by atoms with E-state index in [1.807, 2.05) is 24.3 Å². The second kappa shape index (κ2) is 16.1. The molecule has 0 fully saturated rings. The summed E-state index contributed by atoms with van der Waals surface area (Å²) >= 11 is 0. The Balaban J connectivity index is 0.000000523. The molecule has 0 aromatic heterocycles. The van der Waals surface area contributed by atoms with Gasteiger partial charge < -0.3 is 19.8 Å². The standard InChI is InChI=1S/2C12H16O2.Pb/c2*1-2-3-4-5-10-6-8-11(9-7-10)12(13)14;/h2*6-9H,2-5H2,1H3,(H,13,14);/q;;+2/p-2. The third-order valence-corrected chi connectivity index (χ3v) is 4.52. The zero-order valence-corrected chi connectivity index (χ0v) is 21.3. The Morgan fingerprint density at radius 1 is 0.621 bits per heavy atom. The molecule has 0 N–H and O–H groups in total. The molecule has 0 spiro atoms. The molecule has 2 aromatic carbocycles. The van der Waals surface area contributed by atoms with E-state index in [0.717, 1.165) is 12.8 Å². The number of hydrogen-bond acceptors (Lipinski definition) is 4. The first-order valence-corrected chi connectivity index (χ1v) is 10.1. The molecular formula is C24H30O4Pb. The minimum absolute atomic E-state index is 0. The number of carbonyl (C=O) groups excluding carboxylic acids is 2. The van der Waals surface area contributed by atoms with Crippen molar-refractivity contribution in [3.8, 4) is 0 Å². The number of rotatable bonds is 10. The average Bonchev–Trinajstić information content (AvgIpc) is 2.70. The molecule has 0 bridgehead atoms. The van der Waals surface area contributed by atoms with Gasteiger partial charge in [0.2, 0.25) is 0 Å². The van der Waals surface area contributed by atoms with Crippen molar-refractivity contribution in [2.24, 2.45) is 0 Å². The van der Waals surface area contributed by atoms with E-state index < -0.39 is 11.9 Å². The summed E-state index contributed by atoms with van der Waals surface area (Å²) in [6, 6.07) is 13.9. The maximum atomic E-state index is 10.5. The molecule has 0 unspecified atom stereocenters. The number of hydrogen-bond donors (Lipinski definition) is 0. The first-order chi connectivity index (χ1) is 13.5. The molecule has 2 radical (unpaired) electrons. The number of aromatic carboxylic acids is 2. The monoisotopic (exact) mass is 590 g/mol. The Hall–Kier alpha value is -1.70. The van der Waals surface area contributed by atoms with Gasteiger partial charge in [-0.15, -0.1) is 0 Å². The topological polar surface area (TPSA) is 80.3 Å². The van der Waals surface area contributed by atoms with Crippen LogP contribution in [0.4, 0.5) is 0 Å². The molecule has 0 aliphatic rings. The number of aryl methyl sites for hydroxylation is 2. The zero-order valence-electron chi connectivity index (χ0n) is 17.4. The van der Waals surface area contributed by atoms with Crippen LogP contribution in [-0.4, -0.2) is 39.2 Å². The summed E-state index contributed by atoms with van der Waals surface area (Å²) < 4.78 is 0. The van der Waals surface area contributed by atoms with Crippen molar-refractivity contribution < 1.29 is 19.8 Å². The number of carbonyl (C=O) groups is 2. The van der Waals surface area contributed by atoms with Gasteiger partial charge in [-0.05, 0) is 47.9 Å². The smallest absolute Gasteiger partial charge is 0.545 e. The second-order valence-electron chi connectivity index (χ2n) is 6.88. The molecule has 5 heteroatoms. The van der Waals surface area contributed by atoms with Crippen molar-refractivity contribution in [1.29, 1.82) is 0 Å². The van der Waals surface area contributed by atoms with Gasteiger partial charge in [-0.25, -0.2) is 0 Å². The van der Waals surface area contributed by atoms with Crippen LogP contribution in [0.5, 0.6) is 0 Å². The summed E-state index contributed by atoms with van der Waals surface area (Å²) in [6.45, 7) is 4.33. The van der Waals surface area contributed by atoms with Gasteiger partial charge in [0, 0.05) is 0 Å². The van der Waals surface area contributed by atoms with E-state index in [9.17, 15) is 19.8 Å². The largest absolute Gasteiger partial charge is 2.00 e. The molecule has 0 saturated carbocycles. The SMILES string of the molecule is CCCCCc1ccc(C(=O)[O-])cc1.CCCCCc1ccc(C(=O)[O-])cc1.[Pb+2]. The van der Waals surface area contributed by atoms with Crippen LogP contribution in [0.25, 0.3) is 0 Å². The summed E-state index contributed by atoms with van der Waals surface area (Å²) in [5.41, 5.74) is 2.90. The van der Waals surface area contributed by atoms with E-state index in [0.29, 0.717) is 0 Å². The molecule has 0 saturated heterocycles. The maximum Gasteiger partial charge on any atom is 2.00 e. The van der Waals surface area contributed by atoms with Crippen molar-refractivity contribution in [1.82, 2.24) is 0 Å². The summed E-state index contributed by atoms with van der Waals surface area (Å²) in [4.78, 5) is 20.9. The van der Waals surface area contributed by atoms with E-state index in [2.05, 4.69) is 13.8 Å². The minimum Gasteiger partial charge on any atom is -0.545 e. The first-order valence-electron chi connectivity index (χ1n) is 10.1. The number of benzene rings is 2. The Labute approximate surface area is 194 Å². The summed E-state index contributed by atoms with van der Waals surface area (Å²) in [5, 5.41) is 20.9. The van der Waals surface area contributed by atoms with Crippen LogP contribution in [0.3, 0.4) is 0 Å². The van der Waals surface area contributed by atoms with Crippen molar-refractivity contribution in [3.63, 3.8) is 0 Å². The van der Waals surface area contributed by atoms with E-state index in [1.165, 1.54) is 49.7 Å². The van der Waals surface area contributed by atoms with Crippen LogP contribution in [-0.2, 0) is 12.8 Å². The predicted molar refractivity (Wildman–Crippen MR) is 114 cm³/mol. The summed E-state index contributed by atoms with van der Waals surface area (Å²) in [7, 11) is 0. The minimum atomic E-state index is -1.11. The summed E-state index contributed by atoms with van der Waals surface area (Å²) in [5.74, 6) is -2.21. The summed E-state index contributed by atoms with van der Waals surface area (Å²) in [6.07, 6.45) is 9.25. The van der Waals surface area contributed by atoms with Crippen LogP contribution < -0.4 is 10.2 Å². The number of carboxylic acids is 2. The van der Waals surface area contributed by atoms with Crippen LogP contribution >= 0.6 is 0 Å². The van der Waals surface area contributed by atoms with Crippen molar-refractivity contribution >= 4 is 39.2 Å². The molecule has 0 heterocycles. The maximum absolute atomic E-state index is 10.5. The van der Waals surface area contributed by atoms with Crippen LogP contribution in [0.1, 0.15) is 84.2 Å². The third kappa shape index (κ3) is 11.8. The fraction of sp³-hybridized carbons (Fsp3) is 0.417. The van der Waals surface area contributed by atoms with Gasteiger partial charge >= 0.3 is 27.3 Å². The van der Waals surface area contributed by atoms with E-state index in [1.54, 1.807) is 24.3 Å². The quantitative estimate of drug-likeness (QED) is 0.315. The molecule has 2 aromatic rings. The molecule has 29 heavy (non-hydrogen) atoms. The Morgan fingerprint density at radius 3 is 1.17 bits per heavy atom. The van der Waals surface area contributed by atoms with Gasteiger partial charge in [0.1, 0.15) is 0 Å². The second-order valence-corrected chi connectivity index (χ2v) is 6.88. The van der Waals surface area contributed by atoms with Gasteiger partial charge in [0.05, 0.1) is 11.9 Å². The molecule has 0 atom stereocenters. The first kappa shape index (κ1) is 27.3. The molecule has 2 rings (SSSR count). The van der Waals surface area contributed by atoms with Gasteiger partial charge in [0.25, 0.3) is 0 Å². The zero-order chi connectivity index (χ0) is 20.8. The van der Waals surface area contributed by atoms with Gasteiger partial charge in [-0.1, -0.05) is 88.1 Å². The number of carboxylic acid groups (broad SMARTS) is 2. The number of unbranched alkanes of at least 4 members (excludes halogenated alkanes) is 4. The Bertz CT molecular complexity index is 645. The Morgan fingerprint density at radius 2 is 0.931 bits per heavy atom. The fourth-order valence-corrected chi connectivity index (χ4v) is 2.77. The van der Waals surface area contributed by atoms with E-state index in [-0.39, 0.29) is 38.4 Å². The van der Waals surface area contributed by atoms with Crippen LogP contribution in [0, 0.1) is 0 Å². The Kier molecular flexibility index (Phi) is 15.2. The van der Waals surface area contributed by atoms with E-state index in [4.69, 9.17) is 0 Å². The van der Waals surface area contributed by atoms with Crippen LogP contribution in [0.15, 0.2) is 48.5 Å². The third-order valence-electron chi connectivity index (χ3n) is 4.52. The van der Waals surface area contributed by atoms with Crippen molar-refractivity contribution in [2.45, 2.75) is 65.2 Å². The van der Waals surface area contributed by atoms with Crippen molar-refractivity contribution in [2.75, 3.05) is 0 Å². The van der Waals surface area contributed by atoms with Gasteiger partial charge in [-0.3, -0.25) is 0 Å². The molecule has 4 nitrogen and oxygen atoms in total. The molecule has 154 valence electrons. The van der Waals surface area contributed by atoms with Gasteiger partial charge in [-0.2, -0.15) is 0 Å². The molecule has 0 aliphatic carbocycles. The van der Waals surface area contributed by atoms with E-state index >= 15 is 0 Å².